The van der Waals surface area contributed by atoms with Gasteiger partial charge in [0.25, 0.3) is 5.91 Å². The van der Waals surface area contributed by atoms with Gasteiger partial charge in [0.05, 0.1) is 27.8 Å². The Hall–Kier alpha value is -2.97. The van der Waals surface area contributed by atoms with Crippen LogP contribution in [0.25, 0.3) is 0 Å². The van der Waals surface area contributed by atoms with Gasteiger partial charge in [-0.25, -0.2) is 12.8 Å². The molecule has 2 N–H and O–H groups in total. The molecule has 2 rings (SSSR count). The number of aliphatic hydroxyl groups is 1. The third kappa shape index (κ3) is 5.30. The number of carbonyl (C=O) groups is 1. The smallest absolute Gasteiger partial charge is 0.379 e. The van der Waals surface area contributed by atoms with Crippen molar-refractivity contribution in [1.82, 2.24) is 0 Å². The molecule has 2 aromatic carbocycles. The lowest BCUT2D eigenvalue weighted by Gasteiger charge is -2.22. The normalized spacial score (nSPS) is 14.0. The topological polar surface area (TPSA) is 107 Å². The van der Waals surface area contributed by atoms with Gasteiger partial charge < -0.3 is 10.4 Å². The number of benzene rings is 2. The van der Waals surface area contributed by atoms with Gasteiger partial charge in [-0.05, 0) is 43.3 Å². The zero-order chi connectivity index (χ0) is 22.0. The molecule has 0 bridgehead atoms. The minimum atomic E-state index is -4.87. The summed E-state index contributed by atoms with van der Waals surface area (Å²) in [5.41, 5.74) is -4.91. The number of hydrogen-bond donors (Lipinski definition) is 2. The lowest BCUT2D eigenvalue weighted by molar-refractivity contribution is -0.137. The van der Waals surface area contributed by atoms with Crippen LogP contribution in [-0.4, -0.2) is 30.8 Å². The fraction of sp³-hybridized carbons (Fsp3) is 0.222. The number of nitrogens with one attached hydrogen (secondary N) is 1. The molecular formula is C18H14F4N2O4S. The fourth-order valence-corrected chi connectivity index (χ4v) is 4.01. The van der Waals surface area contributed by atoms with Crippen molar-refractivity contribution in [2.75, 3.05) is 11.1 Å². The largest absolute Gasteiger partial charge is 0.417 e. The van der Waals surface area contributed by atoms with Crippen molar-refractivity contribution >= 4 is 21.4 Å². The van der Waals surface area contributed by atoms with E-state index in [4.69, 9.17) is 5.26 Å². The van der Waals surface area contributed by atoms with E-state index in [-0.39, 0.29) is 0 Å². The van der Waals surface area contributed by atoms with Crippen LogP contribution in [0.4, 0.5) is 23.2 Å². The Kier molecular flexibility index (Phi) is 6.01. The van der Waals surface area contributed by atoms with Crippen LogP contribution in [0.15, 0.2) is 47.4 Å². The Bertz CT molecular complexity index is 1090. The number of rotatable bonds is 5. The van der Waals surface area contributed by atoms with Crippen LogP contribution in [0.3, 0.4) is 0 Å². The SMILES string of the molecule is C[C@@](O)(CS(=O)(=O)c1cccc(F)c1)C(=O)Nc1ccc(C#N)c(C(F)(F)F)c1. The number of nitriles is 1. The van der Waals surface area contributed by atoms with E-state index in [1.807, 2.05) is 5.32 Å². The maximum Gasteiger partial charge on any atom is 0.417 e. The summed E-state index contributed by atoms with van der Waals surface area (Å²) in [5.74, 6) is -3.28. The molecule has 154 valence electrons. The van der Waals surface area contributed by atoms with Crippen LogP contribution in [0.5, 0.6) is 0 Å². The van der Waals surface area contributed by atoms with Crippen molar-refractivity contribution < 1.29 is 35.9 Å². The summed E-state index contributed by atoms with van der Waals surface area (Å²) in [7, 11) is -4.29. The first kappa shape index (κ1) is 22.3. The first-order valence-corrected chi connectivity index (χ1v) is 9.55. The molecule has 0 fully saturated rings. The Balaban J connectivity index is 2.27. The fourth-order valence-electron chi connectivity index (χ4n) is 2.40. The van der Waals surface area contributed by atoms with Gasteiger partial charge in [0.15, 0.2) is 15.4 Å². The quantitative estimate of drug-likeness (QED) is 0.710. The summed E-state index contributed by atoms with van der Waals surface area (Å²) in [5, 5.41) is 21.0. The van der Waals surface area contributed by atoms with Crippen molar-refractivity contribution in [1.29, 1.82) is 5.26 Å². The lowest BCUT2D eigenvalue weighted by atomic mass is 10.1. The summed E-state index contributed by atoms with van der Waals surface area (Å²) in [6.45, 7) is 0.855. The zero-order valence-electron chi connectivity index (χ0n) is 14.8. The van der Waals surface area contributed by atoms with Crippen LogP contribution in [0.1, 0.15) is 18.1 Å². The summed E-state index contributed by atoms with van der Waals surface area (Å²) in [6.07, 6.45) is -4.87. The minimum Gasteiger partial charge on any atom is -0.379 e. The molecule has 6 nitrogen and oxygen atoms in total. The molecule has 0 aromatic heterocycles. The Labute approximate surface area is 163 Å². The van der Waals surface area contributed by atoms with Gasteiger partial charge in [0, 0.05) is 5.69 Å². The van der Waals surface area contributed by atoms with Crippen LogP contribution in [-0.2, 0) is 20.8 Å². The average Bonchev–Trinajstić information content (AvgIpc) is 2.60. The second-order valence-electron chi connectivity index (χ2n) is 6.31. The number of amides is 1. The Morgan fingerprint density at radius 3 is 2.41 bits per heavy atom. The maximum atomic E-state index is 13.3. The third-order valence-electron chi connectivity index (χ3n) is 3.82. The number of carbonyl (C=O) groups excluding carboxylic acids is 1. The van der Waals surface area contributed by atoms with Gasteiger partial charge in [-0.2, -0.15) is 18.4 Å². The summed E-state index contributed by atoms with van der Waals surface area (Å²) >= 11 is 0. The standard InChI is InChI=1S/C18H14F4N2O4S/c1-17(26,10-29(27,28)14-4-2-3-12(19)7-14)16(25)24-13-6-5-11(9-23)15(8-13)18(20,21)22/h2-8,26H,10H2,1H3,(H,24,25)/t17-/m1/s1. The molecular weight excluding hydrogens is 416 g/mol. The second-order valence-corrected chi connectivity index (χ2v) is 8.30. The molecule has 0 aliphatic rings. The molecule has 0 saturated heterocycles. The summed E-state index contributed by atoms with van der Waals surface area (Å²) < 4.78 is 76.9. The highest BCUT2D eigenvalue weighted by Gasteiger charge is 2.38. The molecule has 0 aliphatic carbocycles. The summed E-state index contributed by atoms with van der Waals surface area (Å²) in [4.78, 5) is 11.8. The number of sulfone groups is 1. The van der Waals surface area contributed by atoms with Gasteiger partial charge in [-0.3, -0.25) is 4.79 Å². The minimum absolute atomic E-state index is 0.398. The van der Waals surface area contributed by atoms with E-state index in [1.165, 1.54) is 6.07 Å². The predicted octanol–water partition coefficient (Wildman–Crippen LogP) is 2.88. The van der Waals surface area contributed by atoms with Crippen LogP contribution in [0, 0.1) is 17.1 Å². The van der Waals surface area contributed by atoms with Gasteiger partial charge in [0.2, 0.25) is 0 Å². The lowest BCUT2D eigenvalue weighted by Crippen LogP contribution is -2.45. The molecule has 11 heteroatoms. The van der Waals surface area contributed by atoms with E-state index >= 15 is 0 Å². The highest BCUT2D eigenvalue weighted by atomic mass is 32.2. The number of halogens is 4. The van der Waals surface area contributed by atoms with Crippen LogP contribution < -0.4 is 5.32 Å². The molecule has 0 unspecified atom stereocenters. The van der Waals surface area contributed by atoms with Crippen LogP contribution in [0.2, 0.25) is 0 Å². The molecule has 0 heterocycles. The molecule has 2 aromatic rings. The number of hydrogen-bond acceptors (Lipinski definition) is 5. The highest BCUT2D eigenvalue weighted by Crippen LogP contribution is 2.33. The van der Waals surface area contributed by atoms with E-state index in [9.17, 15) is 35.9 Å². The second kappa shape index (κ2) is 7.81. The molecule has 0 spiro atoms. The van der Waals surface area contributed by atoms with Crippen molar-refractivity contribution in [3.05, 3.63) is 59.4 Å². The van der Waals surface area contributed by atoms with E-state index in [0.29, 0.717) is 12.1 Å². The average molecular weight is 430 g/mol. The van der Waals surface area contributed by atoms with Gasteiger partial charge >= 0.3 is 6.18 Å². The van der Waals surface area contributed by atoms with E-state index in [1.54, 1.807) is 0 Å². The van der Waals surface area contributed by atoms with E-state index in [2.05, 4.69) is 0 Å². The number of alkyl halides is 3. The van der Waals surface area contributed by atoms with Crippen molar-refractivity contribution in [2.24, 2.45) is 0 Å². The number of anilines is 1. The molecule has 0 saturated carbocycles. The van der Waals surface area contributed by atoms with E-state index < -0.39 is 60.8 Å². The number of nitrogens with zero attached hydrogens (tertiary/aromatic N) is 1. The predicted molar refractivity (Wildman–Crippen MR) is 93.9 cm³/mol. The Morgan fingerprint density at radius 2 is 1.86 bits per heavy atom. The van der Waals surface area contributed by atoms with E-state index in [0.717, 1.165) is 37.3 Å². The van der Waals surface area contributed by atoms with Gasteiger partial charge in [0.1, 0.15) is 5.82 Å². The van der Waals surface area contributed by atoms with Crippen molar-refractivity contribution in [2.45, 2.75) is 23.6 Å². The van der Waals surface area contributed by atoms with Crippen molar-refractivity contribution in [3.63, 3.8) is 0 Å². The van der Waals surface area contributed by atoms with Crippen LogP contribution >= 0.6 is 0 Å². The maximum absolute atomic E-state index is 13.3. The molecule has 0 aliphatic heterocycles. The molecule has 1 amide bonds. The summed E-state index contributed by atoms with van der Waals surface area (Å²) in [6, 6.07) is 7.62. The molecule has 1 atom stereocenters. The molecule has 29 heavy (non-hydrogen) atoms. The third-order valence-corrected chi connectivity index (χ3v) is 5.73. The molecule has 0 radical (unpaired) electrons. The first-order valence-electron chi connectivity index (χ1n) is 7.90. The monoisotopic (exact) mass is 430 g/mol. The Morgan fingerprint density at radius 1 is 1.21 bits per heavy atom. The zero-order valence-corrected chi connectivity index (χ0v) is 15.6. The van der Waals surface area contributed by atoms with Gasteiger partial charge in [-0.15, -0.1) is 0 Å². The van der Waals surface area contributed by atoms with Gasteiger partial charge in [-0.1, -0.05) is 6.07 Å². The van der Waals surface area contributed by atoms with Crippen molar-refractivity contribution in [3.8, 4) is 6.07 Å². The highest BCUT2D eigenvalue weighted by molar-refractivity contribution is 7.91. The first-order chi connectivity index (χ1) is 13.3.